The van der Waals surface area contributed by atoms with E-state index in [2.05, 4.69) is 76.2 Å². The van der Waals surface area contributed by atoms with Gasteiger partial charge < -0.3 is 4.90 Å². The van der Waals surface area contributed by atoms with E-state index >= 15 is 0 Å². The molecule has 0 unspecified atom stereocenters. The third kappa shape index (κ3) is 4.34. The van der Waals surface area contributed by atoms with Gasteiger partial charge in [0.1, 0.15) is 0 Å². The van der Waals surface area contributed by atoms with Gasteiger partial charge in [-0.3, -0.25) is 4.31 Å². The molecule has 0 aliphatic carbocycles. The second-order valence-corrected chi connectivity index (χ2v) is 12.4. The molecule has 0 radical (unpaired) electrons. The lowest BCUT2D eigenvalue weighted by molar-refractivity contribution is 0.172. The van der Waals surface area contributed by atoms with E-state index in [1.807, 2.05) is 0 Å². The zero-order chi connectivity index (χ0) is 20.1. The Morgan fingerprint density at radius 3 is 2.07 bits per heavy atom. The summed E-state index contributed by atoms with van der Waals surface area (Å²) in [5, 5.41) is 0. The van der Waals surface area contributed by atoms with Gasteiger partial charge >= 0.3 is 0 Å². The Morgan fingerprint density at radius 1 is 1.00 bits per heavy atom. The highest BCUT2D eigenvalue weighted by atomic mass is 32.3. The molecule has 1 heterocycles. The molecule has 2 rings (SSSR count). The van der Waals surface area contributed by atoms with E-state index in [1.165, 1.54) is 68.6 Å². The Balaban J connectivity index is 2.58. The average Bonchev–Trinajstić information content (AvgIpc) is 2.78. The van der Waals surface area contributed by atoms with Crippen LogP contribution < -0.4 is 4.90 Å². The number of unbranched alkanes of at least 4 members (excludes halogenated alkanes) is 2. The van der Waals surface area contributed by atoms with Crippen molar-refractivity contribution in [1.29, 1.82) is 0 Å². The summed E-state index contributed by atoms with van der Waals surface area (Å²) in [6.45, 7) is 9.58. The van der Waals surface area contributed by atoms with Crippen LogP contribution in [-0.4, -0.2) is 42.5 Å². The molecule has 0 saturated heterocycles. The van der Waals surface area contributed by atoms with Crippen molar-refractivity contribution < 1.29 is 0 Å². The summed E-state index contributed by atoms with van der Waals surface area (Å²) in [7, 11) is 5.87. The van der Waals surface area contributed by atoms with Gasteiger partial charge in [0.25, 0.3) is 0 Å². The molecular weight excluding hydrogens is 348 g/mol. The molecule has 0 fully saturated rings. The summed E-state index contributed by atoms with van der Waals surface area (Å²) in [5.74, 6) is 2.54. The van der Waals surface area contributed by atoms with Crippen molar-refractivity contribution in [2.45, 2.75) is 89.5 Å². The molecule has 0 saturated carbocycles. The quantitative estimate of drug-likeness (QED) is 0.452. The minimum absolute atomic E-state index is 0.380. The number of hydrogen-bond donors (Lipinski definition) is 0. The van der Waals surface area contributed by atoms with E-state index in [9.17, 15) is 0 Å². The monoisotopic (exact) mass is 392 g/mol. The van der Waals surface area contributed by atoms with Gasteiger partial charge in [0.15, 0.2) is 0 Å². The van der Waals surface area contributed by atoms with Crippen molar-refractivity contribution in [2.75, 3.05) is 37.5 Å². The minimum Gasteiger partial charge on any atom is -0.378 e. The van der Waals surface area contributed by atoms with Gasteiger partial charge in [-0.05, 0) is 68.0 Å². The summed E-state index contributed by atoms with van der Waals surface area (Å²) in [4.78, 5) is 3.93. The first-order chi connectivity index (χ1) is 12.9. The second-order valence-electron chi connectivity index (χ2n) is 8.54. The van der Waals surface area contributed by atoms with Crippen molar-refractivity contribution in [1.82, 2.24) is 4.31 Å². The van der Waals surface area contributed by atoms with Crippen molar-refractivity contribution >= 4 is 15.9 Å². The molecule has 0 spiro atoms. The summed E-state index contributed by atoms with van der Waals surface area (Å²) in [6.07, 6.45) is 10.6. The van der Waals surface area contributed by atoms with E-state index in [-0.39, 0.29) is 0 Å². The molecule has 0 bridgehead atoms. The number of anilines is 1. The van der Waals surface area contributed by atoms with Crippen LogP contribution in [0.2, 0.25) is 0 Å². The topological polar surface area (TPSA) is 6.48 Å². The smallest absolute Gasteiger partial charge is 0.0364 e. The van der Waals surface area contributed by atoms with E-state index in [0.717, 1.165) is 0 Å². The van der Waals surface area contributed by atoms with Crippen molar-refractivity contribution in [2.24, 2.45) is 0 Å². The van der Waals surface area contributed by atoms with E-state index in [1.54, 1.807) is 10.5 Å². The van der Waals surface area contributed by atoms with E-state index in [4.69, 9.17) is 0 Å². The Kier molecular flexibility index (Phi) is 8.12. The van der Waals surface area contributed by atoms with Crippen LogP contribution in [0.25, 0.3) is 0 Å². The highest BCUT2D eigenvalue weighted by Gasteiger charge is 2.44. The molecule has 1 aliphatic rings. The predicted octanol–water partition coefficient (Wildman–Crippen LogP) is 6.87. The minimum atomic E-state index is -0.944. The number of nitrogens with zero attached hydrogens (tertiary/aromatic N) is 2. The molecule has 1 aromatic carbocycles. The molecule has 1 aromatic rings. The molecule has 27 heavy (non-hydrogen) atoms. The summed E-state index contributed by atoms with van der Waals surface area (Å²) >= 11 is 0. The van der Waals surface area contributed by atoms with Gasteiger partial charge in [-0.15, -0.1) is 0 Å². The van der Waals surface area contributed by atoms with Crippen molar-refractivity contribution in [3.05, 3.63) is 23.8 Å². The predicted molar refractivity (Wildman–Crippen MR) is 126 cm³/mol. The highest BCUT2D eigenvalue weighted by Crippen LogP contribution is 2.64. The SMILES string of the molecule is CCCCC1(CCCC)CCc2cc(N(C)C)ccc2S(CC)(CC)N1C. The number of hydrogen-bond acceptors (Lipinski definition) is 2. The molecular formula is C24H44N2S. The molecule has 2 nitrogen and oxygen atoms in total. The van der Waals surface area contributed by atoms with Gasteiger partial charge in [0.2, 0.25) is 0 Å². The lowest BCUT2D eigenvalue weighted by Crippen LogP contribution is -2.48. The fourth-order valence-corrected chi connectivity index (χ4v) is 9.14. The third-order valence-electron chi connectivity index (χ3n) is 6.97. The maximum Gasteiger partial charge on any atom is 0.0364 e. The van der Waals surface area contributed by atoms with Crippen LogP contribution in [-0.2, 0) is 6.42 Å². The first kappa shape index (κ1) is 22.6. The lowest BCUT2D eigenvalue weighted by atomic mass is 9.82. The maximum atomic E-state index is 2.94. The lowest BCUT2D eigenvalue weighted by Gasteiger charge is -2.55. The maximum absolute atomic E-state index is 2.94. The summed E-state index contributed by atoms with van der Waals surface area (Å²) in [5.41, 5.74) is 3.36. The first-order valence-corrected chi connectivity index (χ1v) is 13.2. The van der Waals surface area contributed by atoms with Crippen LogP contribution in [0.5, 0.6) is 0 Å². The van der Waals surface area contributed by atoms with Gasteiger partial charge in [-0.25, -0.2) is 0 Å². The average molecular weight is 393 g/mol. The fourth-order valence-electron chi connectivity index (χ4n) is 5.06. The Morgan fingerprint density at radius 2 is 1.59 bits per heavy atom. The van der Waals surface area contributed by atoms with Crippen LogP contribution in [0.4, 0.5) is 5.69 Å². The molecule has 3 heteroatoms. The molecule has 1 aliphatic heterocycles. The van der Waals surface area contributed by atoms with Crippen LogP contribution >= 0.6 is 10.2 Å². The Hall–Kier alpha value is -0.670. The highest BCUT2D eigenvalue weighted by molar-refractivity contribution is 8.31. The largest absolute Gasteiger partial charge is 0.378 e. The molecule has 0 atom stereocenters. The van der Waals surface area contributed by atoms with E-state index < -0.39 is 10.2 Å². The standard InChI is InChI=1S/C24H44N2S/c1-8-12-17-24(18-13-9-2)19-16-21-20-22(25(5)6)14-15-23(21)27(10-3,11-4)26(24)7/h14-15,20H,8-13,16-19H2,1-7H3. The van der Waals surface area contributed by atoms with Gasteiger partial charge in [0, 0.05) is 30.2 Å². The van der Waals surface area contributed by atoms with Crippen LogP contribution in [0, 0.1) is 0 Å². The normalized spacial score (nSPS) is 20.0. The zero-order valence-corrected chi connectivity index (χ0v) is 19.9. The Bertz CT molecular complexity index is 584. The van der Waals surface area contributed by atoms with Gasteiger partial charge in [0.05, 0.1) is 0 Å². The number of fused-ring (bicyclic) bond motifs is 1. The molecule has 156 valence electrons. The van der Waals surface area contributed by atoms with Crippen LogP contribution in [0.1, 0.15) is 78.2 Å². The van der Waals surface area contributed by atoms with Crippen molar-refractivity contribution in [3.63, 3.8) is 0 Å². The summed E-state index contributed by atoms with van der Waals surface area (Å²) in [6, 6.07) is 7.33. The van der Waals surface area contributed by atoms with Gasteiger partial charge in [-0.2, -0.15) is 10.2 Å². The molecule has 0 amide bonds. The van der Waals surface area contributed by atoms with Gasteiger partial charge in [-0.1, -0.05) is 53.4 Å². The Labute approximate surface area is 171 Å². The van der Waals surface area contributed by atoms with E-state index in [0.29, 0.717) is 5.54 Å². The van der Waals surface area contributed by atoms with Crippen LogP contribution in [0.3, 0.4) is 0 Å². The van der Waals surface area contributed by atoms with Crippen molar-refractivity contribution in [3.8, 4) is 0 Å². The number of rotatable bonds is 9. The molecule has 0 aromatic heterocycles. The number of aryl methyl sites for hydroxylation is 1. The third-order valence-corrected chi connectivity index (χ3v) is 11.5. The van der Waals surface area contributed by atoms with Crippen LogP contribution in [0.15, 0.2) is 23.1 Å². The number of benzene rings is 1. The zero-order valence-electron chi connectivity index (χ0n) is 19.1. The first-order valence-electron chi connectivity index (χ1n) is 11.2. The summed E-state index contributed by atoms with van der Waals surface area (Å²) < 4.78 is 2.94. The fraction of sp³-hybridized carbons (Fsp3) is 0.750. The molecule has 0 N–H and O–H groups in total. The second kappa shape index (κ2) is 9.69.